The number of methoxy groups -OCH3 is 1. The van der Waals surface area contributed by atoms with Crippen molar-refractivity contribution >= 4 is 23.2 Å². The summed E-state index contributed by atoms with van der Waals surface area (Å²) in [5.74, 6) is 2.99. The van der Waals surface area contributed by atoms with Crippen molar-refractivity contribution in [2.24, 2.45) is 0 Å². The number of nitrogens with zero attached hydrogens (tertiary/aromatic N) is 4. The smallest absolute Gasteiger partial charge is 0.260 e. The van der Waals surface area contributed by atoms with Crippen molar-refractivity contribution in [3.05, 3.63) is 30.1 Å². The zero-order valence-electron chi connectivity index (χ0n) is 19.2. The lowest BCUT2D eigenvalue weighted by Crippen LogP contribution is -2.41. The van der Waals surface area contributed by atoms with Gasteiger partial charge >= 0.3 is 0 Å². The average Bonchev–Trinajstić information content (AvgIpc) is 3.18. The molecule has 9 heteroatoms. The summed E-state index contributed by atoms with van der Waals surface area (Å²) in [6.45, 7) is 7.32. The van der Waals surface area contributed by atoms with E-state index in [0.29, 0.717) is 18.0 Å². The number of nitrogens with one attached hydrogen (secondary N) is 2. The molecule has 0 spiro atoms. The summed E-state index contributed by atoms with van der Waals surface area (Å²) in [5.41, 5.74) is 1.91. The Hall–Kier alpha value is -3.07. The molecule has 0 aliphatic carbocycles. The molecule has 2 aliphatic rings. The first-order valence-electron chi connectivity index (χ1n) is 11.1. The van der Waals surface area contributed by atoms with Gasteiger partial charge in [-0.05, 0) is 46.0 Å². The van der Waals surface area contributed by atoms with Crippen LogP contribution in [0.3, 0.4) is 0 Å². The SMILES string of the molecule is COc1ccc2cc1OCC(=O)N(C(C)C)CCCN(C)CC1CNc3ncnc(c31)N2. The highest BCUT2D eigenvalue weighted by atomic mass is 16.5. The summed E-state index contributed by atoms with van der Waals surface area (Å²) in [6.07, 6.45) is 2.46. The fourth-order valence-electron chi connectivity index (χ4n) is 4.38. The van der Waals surface area contributed by atoms with E-state index >= 15 is 0 Å². The molecule has 0 saturated heterocycles. The van der Waals surface area contributed by atoms with Crippen LogP contribution in [0.15, 0.2) is 24.5 Å². The van der Waals surface area contributed by atoms with Gasteiger partial charge in [-0.25, -0.2) is 9.97 Å². The number of carbonyl (C=O) groups is 1. The Labute approximate surface area is 189 Å². The summed E-state index contributed by atoms with van der Waals surface area (Å²) in [5, 5.41) is 6.83. The molecule has 1 atom stereocenters. The van der Waals surface area contributed by atoms with Crippen molar-refractivity contribution in [2.75, 3.05) is 57.6 Å². The molecule has 1 aromatic heterocycles. The molecule has 2 N–H and O–H groups in total. The van der Waals surface area contributed by atoms with Gasteiger partial charge in [-0.3, -0.25) is 4.79 Å². The highest BCUT2D eigenvalue weighted by Gasteiger charge is 2.29. The maximum Gasteiger partial charge on any atom is 0.260 e. The molecule has 1 unspecified atom stereocenters. The molecule has 0 saturated carbocycles. The zero-order chi connectivity index (χ0) is 22.7. The van der Waals surface area contributed by atoms with Crippen LogP contribution in [0.25, 0.3) is 0 Å². The monoisotopic (exact) mass is 440 g/mol. The van der Waals surface area contributed by atoms with Crippen LogP contribution in [-0.2, 0) is 4.79 Å². The van der Waals surface area contributed by atoms with Crippen LogP contribution in [0.1, 0.15) is 31.7 Å². The van der Waals surface area contributed by atoms with Gasteiger partial charge in [0.1, 0.15) is 18.0 Å². The number of ether oxygens (including phenoxy) is 2. The molecule has 2 bridgehead atoms. The Kier molecular flexibility index (Phi) is 6.64. The minimum Gasteiger partial charge on any atom is -0.493 e. The van der Waals surface area contributed by atoms with Crippen LogP contribution in [0.4, 0.5) is 17.3 Å². The van der Waals surface area contributed by atoms with E-state index < -0.39 is 0 Å². The third-order valence-electron chi connectivity index (χ3n) is 6.00. The maximum atomic E-state index is 12.9. The lowest BCUT2D eigenvalue weighted by Gasteiger charge is -2.29. The fraction of sp³-hybridized carbons (Fsp3) is 0.522. The molecule has 0 fully saturated rings. The number of hydrogen-bond donors (Lipinski definition) is 2. The molecule has 32 heavy (non-hydrogen) atoms. The third kappa shape index (κ3) is 4.72. The predicted molar refractivity (Wildman–Crippen MR) is 124 cm³/mol. The van der Waals surface area contributed by atoms with Crippen LogP contribution in [0.2, 0.25) is 0 Å². The first kappa shape index (κ1) is 22.1. The number of carbonyl (C=O) groups excluding carboxylic acids is 1. The van der Waals surface area contributed by atoms with E-state index in [1.165, 1.54) is 0 Å². The molecular formula is C23H32N6O3. The summed E-state index contributed by atoms with van der Waals surface area (Å²) in [4.78, 5) is 26.1. The van der Waals surface area contributed by atoms with E-state index in [0.717, 1.165) is 48.9 Å². The minimum atomic E-state index is -0.0390. The topological polar surface area (TPSA) is 91.9 Å². The van der Waals surface area contributed by atoms with Gasteiger partial charge in [0, 0.05) is 48.9 Å². The van der Waals surface area contributed by atoms with E-state index in [4.69, 9.17) is 9.47 Å². The normalized spacial score (nSPS) is 19.7. The Morgan fingerprint density at radius 2 is 2.03 bits per heavy atom. The molecular weight excluding hydrogens is 408 g/mol. The van der Waals surface area contributed by atoms with Crippen molar-refractivity contribution in [1.82, 2.24) is 19.8 Å². The largest absolute Gasteiger partial charge is 0.493 e. The second-order valence-corrected chi connectivity index (χ2v) is 8.64. The lowest BCUT2D eigenvalue weighted by molar-refractivity contribution is -0.135. The number of fused-ring (bicyclic) bond motifs is 2. The Balaban J connectivity index is 1.69. The van der Waals surface area contributed by atoms with Gasteiger partial charge in [0.2, 0.25) is 0 Å². The van der Waals surface area contributed by atoms with Crippen molar-refractivity contribution < 1.29 is 14.3 Å². The summed E-state index contributed by atoms with van der Waals surface area (Å²) >= 11 is 0. The number of likely N-dealkylation sites (N-methyl/N-ethyl adjacent to an activating group) is 1. The number of aromatic nitrogens is 2. The highest BCUT2D eigenvalue weighted by Crippen LogP contribution is 2.37. The molecule has 172 valence electrons. The molecule has 1 aromatic carbocycles. The summed E-state index contributed by atoms with van der Waals surface area (Å²) in [6, 6.07) is 5.69. The second-order valence-electron chi connectivity index (χ2n) is 8.64. The number of rotatable bonds is 2. The van der Waals surface area contributed by atoms with E-state index in [2.05, 4.69) is 32.5 Å². The Morgan fingerprint density at radius 1 is 1.22 bits per heavy atom. The van der Waals surface area contributed by atoms with E-state index in [1.54, 1.807) is 13.4 Å². The standard InChI is InChI=1S/C23H32N6O3/c1-15(2)29-9-5-8-28(3)12-16-11-24-22-21(16)23(26-14-25-22)27-17-6-7-18(31-4)19(10-17)32-13-20(29)30/h6-7,10,14-16H,5,8-9,11-13H2,1-4H3,(H2,24,25,26,27). The average molecular weight is 441 g/mol. The number of benzene rings is 1. The van der Waals surface area contributed by atoms with Gasteiger partial charge in [0.05, 0.1) is 7.11 Å². The van der Waals surface area contributed by atoms with Crippen LogP contribution >= 0.6 is 0 Å². The Bertz CT molecular complexity index is 967. The van der Waals surface area contributed by atoms with Gasteiger partial charge in [0.15, 0.2) is 18.1 Å². The van der Waals surface area contributed by atoms with Crippen molar-refractivity contribution in [3.63, 3.8) is 0 Å². The molecule has 3 heterocycles. The first-order valence-corrected chi connectivity index (χ1v) is 11.1. The van der Waals surface area contributed by atoms with E-state index in [1.807, 2.05) is 36.9 Å². The second kappa shape index (κ2) is 9.60. The first-order chi connectivity index (χ1) is 15.5. The third-order valence-corrected chi connectivity index (χ3v) is 6.00. The van der Waals surface area contributed by atoms with Gasteiger partial charge in [-0.15, -0.1) is 0 Å². The van der Waals surface area contributed by atoms with Crippen molar-refractivity contribution in [1.29, 1.82) is 0 Å². The fourth-order valence-corrected chi connectivity index (χ4v) is 4.38. The molecule has 9 nitrogen and oxygen atoms in total. The molecule has 0 radical (unpaired) electrons. The molecule has 2 aromatic rings. The lowest BCUT2D eigenvalue weighted by atomic mass is 10.0. The van der Waals surface area contributed by atoms with Crippen molar-refractivity contribution in [3.8, 4) is 11.5 Å². The summed E-state index contributed by atoms with van der Waals surface area (Å²) in [7, 11) is 3.71. The Morgan fingerprint density at radius 3 is 2.81 bits per heavy atom. The van der Waals surface area contributed by atoms with Gasteiger partial charge in [-0.2, -0.15) is 0 Å². The van der Waals surface area contributed by atoms with Crippen LogP contribution in [0.5, 0.6) is 11.5 Å². The van der Waals surface area contributed by atoms with Gasteiger partial charge in [0.25, 0.3) is 5.91 Å². The molecule has 2 aliphatic heterocycles. The van der Waals surface area contributed by atoms with E-state index in [-0.39, 0.29) is 24.5 Å². The maximum absolute atomic E-state index is 12.9. The van der Waals surface area contributed by atoms with Crippen molar-refractivity contribution in [2.45, 2.75) is 32.2 Å². The predicted octanol–water partition coefficient (Wildman–Crippen LogP) is 2.69. The minimum absolute atomic E-state index is 0.0297. The molecule has 1 amide bonds. The quantitative estimate of drug-likeness (QED) is 0.737. The zero-order valence-corrected chi connectivity index (χ0v) is 19.2. The van der Waals surface area contributed by atoms with Crippen LogP contribution in [0, 0.1) is 0 Å². The van der Waals surface area contributed by atoms with Crippen LogP contribution in [-0.4, -0.2) is 78.7 Å². The van der Waals surface area contributed by atoms with E-state index in [9.17, 15) is 4.79 Å². The van der Waals surface area contributed by atoms with Gasteiger partial charge in [-0.1, -0.05) is 0 Å². The summed E-state index contributed by atoms with van der Waals surface area (Å²) < 4.78 is 11.4. The van der Waals surface area contributed by atoms with Gasteiger partial charge < -0.3 is 29.9 Å². The number of anilines is 3. The van der Waals surface area contributed by atoms with Crippen LogP contribution < -0.4 is 20.1 Å². The number of hydrogen-bond acceptors (Lipinski definition) is 8. The molecule has 4 rings (SSSR count). The highest BCUT2D eigenvalue weighted by molar-refractivity contribution is 5.78. The number of amides is 1.